The third-order valence-corrected chi connectivity index (χ3v) is 3.12. The first-order valence-corrected chi connectivity index (χ1v) is 6.55. The lowest BCUT2D eigenvalue weighted by Crippen LogP contribution is -2.33. The Labute approximate surface area is 122 Å². The van der Waals surface area contributed by atoms with E-state index in [9.17, 15) is 9.59 Å². The number of nitrogens with zero attached hydrogens (tertiary/aromatic N) is 3. The Bertz CT molecular complexity index is 622. The van der Waals surface area contributed by atoms with Crippen LogP contribution >= 0.6 is 0 Å². The molecular weight excluding hydrogens is 270 g/mol. The molecule has 0 bridgehead atoms. The molecule has 1 N–H and O–H groups in total. The van der Waals surface area contributed by atoms with Crippen molar-refractivity contribution in [1.82, 2.24) is 14.5 Å². The van der Waals surface area contributed by atoms with Gasteiger partial charge in [-0.1, -0.05) is 30.3 Å². The normalized spacial score (nSPS) is 10.3. The monoisotopic (exact) mass is 287 g/mol. The predicted molar refractivity (Wildman–Crippen MR) is 76.7 cm³/mol. The third kappa shape index (κ3) is 4.17. The molecule has 0 aliphatic heterocycles. The molecule has 2 rings (SSSR count). The number of carbonyl (C=O) groups is 2. The lowest BCUT2D eigenvalue weighted by atomic mass is 10.2. The van der Waals surface area contributed by atoms with E-state index in [2.05, 4.69) is 4.98 Å². The van der Waals surface area contributed by atoms with Gasteiger partial charge in [-0.3, -0.25) is 9.59 Å². The van der Waals surface area contributed by atoms with Crippen molar-refractivity contribution in [1.29, 1.82) is 0 Å². The molecule has 1 aromatic carbocycles. The molecule has 21 heavy (non-hydrogen) atoms. The number of likely N-dealkylation sites (N-methyl/N-ethyl adjacent to an activating group) is 1. The van der Waals surface area contributed by atoms with Crippen molar-refractivity contribution >= 4 is 11.9 Å². The van der Waals surface area contributed by atoms with Crippen LogP contribution in [0.1, 0.15) is 11.3 Å². The molecule has 0 atom stereocenters. The molecule has 0 fully saturated rings. The summed E-state index contributed by atoms with van der Waals surface area (Å²) >= 11 is 0. The molecule has 2 aromatic rings. The van der Waals surface area contributed by atoms with E-state index in [0.717, 1.165) is 11.3 Å². The molecule has 0 unspecified atom stereocenters. The fraction of sp³-hybridized carbons (Fsp3) is 0.267. The van der Waals surface area contributed by atoms with Crippen LogP contribution in [0.4, 0.5) is 0 Å². The second kappa shape index (κ2) is 6.69. The smallest absolute Gasteiger partial charge is 0.323 e. The van der Waals surface area contributed by atoms with Gasteiger partial charge in [0.1, 0.15) is 6.54 Å². The van der Waals surface area contributed by atoms with E-state index >= 15 is 0 Å². The van der Waals surface area contributed by atoms with Crippen LogP contribution in [0.15, 0.2) is 42.9 Å². The molecule has 110 valence electrons. The molecule has 1 amide bonds. The standard InChI is InChI=1S/C15H17N3O3/c1-17(10-15(20)21)14(19)7-13-8-16-11-18(13)9-12-5-3-2-4-6-12/h2-6,8,11H,7,9-10H2,1H3,(H,20,21). The summed E-state index contributed by atoms with van der Waals surface area (Å²) in [4.78, 5) is 27.8. The highest BCUT2D eigenvalue weighted by Crippen LogP contribution is 2.07. The van der Waals surface area contributed by atoms with Crippen LogP contribution in [0.25, 0.3) is 0 Å². The quantitative estimate of drug-likeness (QED) is 0.860. The topological polar surface area (TPSA) is 75.4 Å². The van der Waals surface area contributed by atoms with Gasteiger partial charge in [-0.05, 0) is 5.56 Å². The summed E-state index contributed by atoms with van der Waals surface area (Å²) in [5, 5.41) is 8.70. The van der Waals surface area contributed by atoms with E-state index < -0.39 is 5.97 Å². The largest absolute Gasteiger partial charge is 0.480 e. The van der Waals surface area contributed by atoms with Gasteiger partial charge in [0.2, 0.25) is 5.91 Å². The summed E-state index contributed by atoms with van der Waals surface area (Å²) in [6.07, 6.45) is 3.44. The molecule has 1 heterocycles. The maximum Gasteiger partial charge on any atom is 0.323 e. The van der Waals surface area contributed by atoms with Gasteiger partial charge in [-0.25, -0.2) is 4.98 Å². The second-order valence-electron chi connectivity index (χ2n) is 4.82. The van der Waals surface area contributed by atoms with Crippen LogP contribution in [-0.4, -0.2) is 45.0 Å². The Morgan fingerprint density at radius 3 is 2.67 bits per heavy atom. The van der Waals surface area contributed by atoms with Crippen molar-refractivity contribution in [3.05, 3.63) is 54.1 Å². The molecule has 6 nitrogen and oxygen atoms in total. The minimum absolute atomic E-state index is 0.136. The first kappa shape index (κ1) is 14.8. The summed E-state index contributed by atoms with van der Waals surface area (Å²) < 4.78 is 1.89. The van der Waals surface area contributed by atoms with E-state index in [4.69, 9.17) is 5.11 Å². The van der Waals surface area contributed by atoms with Crippen LogP contribution in [0.2, 0.25) is 0 Å². The zero-order valence-electron chi connectivity index (χ0n) is 11.8. The number of hydrogen-bond acceptors (Lipinski definition) is 3. The van der Waals surface area contributed by atoms with Gasteiger partial charge in [0.05, 0.1) is 12.7 Å². The van der Waals surface area contributed by atoms with Gasteiger partial charge in [-0.15, -0.1) is 0 Å². The van der Waals surface area contributed by atoms with Crippen molar-refractivity contribution in [2.24, 2.45) is 0 Å². The number of aliphatic carboxylic acids is 1. The molecular formula is C15H17N3O3. The lowest BCUT2D eigenvalue weighted by Gasteiger charge is -2.15. The zero-order valence-corrected chi connectivity index (χ0v) is 11.8. The molecule has 0 aliphatic rings. The van der Waals surface area contributed by atoms with Gasteiger partial charge in [-0.2, -0.15) is 0 Å². The molecule has 0 saturated heterocycles. The summed E-state index contributed by atoms with van der Waals surface area (Å²) in [7, 11) is 1.48. The fourth-order valence-corrected chi connectivity index (χ4v) is 2.00. The second-order valence-corrected chi connectivity index (χ2v) is 4.82. The lowest BCUT2D eigenvalue weighted by molar-refractivity contribution is -0.143. The van der Waals surface area contributed by atoms with E-state index in [0.29, 0.717) is 6.54 Å². The summed E-state index contributed by atoms with van der Waals surface area (Å²) in [6, 6.07) is 9.86. The number of rotatable bonds is 6. The number of amides is 1. The zero-order chi connectivity index (χ0) is 15.2. The maximum absolute atomic E-state index is 12.0. The summed E-state index contributed by atoms with van der Waals surface area (Å²) in [5.41, 5.74) is 1.88. The highest BCUT2D eigenvalue weighted by molar-refractivity contribution is 5.82. The number of imidazole rings is 1. The van der Waals surface area contributed by atoms with E-state index in [1.807, 2.05) is 34.9 Å². The van der Waals surface area contributed by atoms with Crippen molar-refractivity contribution in [3.63, 3.8) is 0 Å². The first-order chi connectivity index (χ1) is 10.1. The molecule has 1 aromatic heterocycles. The van der Waals surface area contributed by atoms with Gasteiger partial charge in [0, 0.05) is 25.5 Å². The Morgan fingerprint density at radius 2 is 2.00 bits per heavy atom. The predicted octanol–water partition coefficient (Wildman–Crippen LogP) is 1.02. The number of aromatic nitrogens is 2. The minimum atomic E-state index is -1.02. The van der Waals surface area contributed by atoms with Crippen LogP contribution in [0.3, 0.4) is 0 Å². The van der Waals surface area contributed by atoms with Gasteiger partial charge in [0.15, 0.2) is 0 Å². The van der Waals surface area contributed by atoms with Gasteiger partial charge in [0.25, 0.3) is 0 Å². The maximum atomic E-state index is 12.0. The fourth-order valence-electron chi connectivity index (χ4n) is 2.00. The SMILES string of the molecule is CN(CC(=O)O)C(=O)Cc1cncn1Cc1ccccc1. The van der Waals surface area contributed by atoms with Crippen molar-refractivity contribution < 1.29 is 14.7 Å². The number of carboxylic acid groups (broad SMARTS) is 1. The molecule has 0 saturated carbocycles. The van der Waals surface area contributed by atoms with E-state index in [-0.39, 0.29) is 18.9 Å². The Morgan fingerprint density at radius 1 is 1.29 bits per heavy atom. The average molecular weight is 287 g/mol. The Balaban J connectivity index is 2.03. The van der Waals surface area contributed by atoms with Gasteiger partial charge >= 0.3 is 5.97 Å². The highest BCUT2D eigenvalue weighted by atomic mass is 16.4. The molecule has 6 heteroatoms. The van der Waals surface area contributed by atoms with Crippen LogP contribution < -0.4 is 0 Å². The van der Waals surface area contributed by atoms with Gasteiger partial charge < -0.3 is 14.6 Å². The summed E-state index contributed by atoms with van der Waals surface area (Å²) in [6.45, 7) is 0.331. The first-order valence-electron chi connectivity index (χ1n) is 6.55. The van der Waals surface area contributed by atoms with Crippen LogP contribution in [0.5, 0.6) is 0 Å². The Hall–Kier alpha value is -2.63. The van der Waals surface area contributed by atoms with Crippen LogP contribution in [0, 0.1) is 0 Å². The van der Waals surface area contributed by atoms with Crippen LogP contribution in [-0.2, 0) is 22.6 Å². The minimum Gasteiger partial charge on any atom is -0.480 e. The number of carbonyl (C=O) groups excluding carboxylic acids is 1. The summed E-state index contributed by atoms with van der Waals surface area (Å²) in [5.74, 6) is -1.27. The molecule has 0 spiro atoms. The Kier molecular flexibility index (Phi) is 4.71. The third-order valence-electron chi connectivity index (χ3n) is 3.12. The van der Waals surface area contributed by atoms with Crippen molar-refractivity contribution in [2.75, 3.05) is 13.6 Å². The van der Waals surface area contributed by atoms with E-state index in [1.54, 1.807) is 12.5 Å². The number of carboxylic acids is 1. The van der Waals surface area contributed by atoms with E-state index in [1.165, 1.54) is 11.9 Å². The average Bonchev–Trinajstić information content (AvgIpc) is 2.86. The highest BCUT2D eigenvalue weighted by Gasteiger charge is 2.15. The number of hydrogen-bond donors (Lipinski definition) is 1. The van der Waals surface area contributed by atoms with Crippen molar-refractivity contribution in [3.8, 4) is 0 Å². The molecule has 0 aliphatic carbocycles. The van der Waals surface area contributed by atoms with Crippen molar-refractivity contribution in [2.45, 2.75) is 13.0 Å². The molecule has 0 radical (unpaired) electrons. The number of benzene rings is 1.